The van der Waals surface area contributed by atoms with Gasteiger partial charge in [-0.1, -0.05) is 42.5 Å². The number of imidazole rings is 1. The van der Waals surface area contributed by atoms with E-state index in [4.69, 9.17) is 9.84 Å². The number of H-pyrrole nitrogens is 1. The summed E-state index contributed by atoms with van der Waals surface area (Å²) in [7, 11) is 1.55. The van der Waals surface area contributed by atoms with E-state index in [9.17, 15) is 31.1 Å². The van der Waals surface area contributed by atoms with Crippen molar-refractivity contribution in [3.05, 3.63) is 94.8 Å². The van der Waals surface area contributed by atoms with Crippen LogP contribution < -0.4 is 4.74 Å². The number of aliphatic carboxylic acids is 1. The Kier molecular flexibility index (Phi) is 7.91. The minimum Gasteiger partial charge on any atom is -0.494 e. The van der Waals surface area contributed by atoms with Crippen molar-refractivity contribution in [3.63, 3.8) is 0 Å². The summed E-state index contributed by atoms with van der Waals surface area (Å²) in [6.45, 7) is 0. The van der Waals surface area contributed by atoms with Crippen molar-refractivity contribution in [2.45, 2.75) is 25.2 Å². The summed E-state index contributed by atoms with van der Waals surface area (Å²) in [5, 5.41) is 8.38. The maximum absolute atomic E-state index is 12.7. The van der Waals surface area contributed by atoms with Crippen molar-refractivity contribution in [3.8, 4) is 5.75 Å². The molecule has 11 heteroatoms. The lowest BCUT2D eigenvalue weighted by Gasteiger charge is -2.07. The lowest BCUT2D eigenvalue weighted by atomic mass is 10.1. The topological polar surface area (TPSA) is 75.2 Å². The van der Waals surface area contributed by atoms with Crippen molar-refractivity contribution in [2.24, 2.45) is 0 Å². The number of para-hydroxylation sites is 1. The minimum absolute atomic E-state index is 0.146. The average Bonchev–Trinajstić information content (AvgIpc) is 3.21. The fraction of sp³-hybridized carbons (Fsp3) is 0.200. The minimum atomic E-state index is -4.42. The van der Waals surface area contributed by atoms with E-state index in [1.807, 2.05) is 12.1 Å². The van der Waals surface area contributed by atoms with Gasteiger partial charge < -0.3 is 14.8 Å². The normalized spacial score (nSPS) is 11.6. The molecule has 0 atom stereocenters. The van der Waals surface area contributed by atoms with E-state index in [1.165, 1.54) is 18.2 Å². The number of ether oxygens (including phenoxy) is 1. The summed E-state index contributed by atoms with van der Waals surface area (Å²) in [6.07, 6.45) is -8.87. The monoisotopic (exact) mass is 510 g/mol. The molecule has 0 bridgehead atoms. The van der Waals surface area contributed by atoms with Gasteiger partial charge in [-0.15, -0.1) is 0 Å². The van der Waals surface area contributed by atoms with Gasteiger partial charge in [0.1, 0.15) is 17.1 Å². The van der Waals surface area contributed by atoms with Gasteiger partial charge >= 0.3 is 18.3 Å². The molecule has 3 aromatic carbocycles. The van der Waals surface area contributed by atoms with E-state index in [2.05, 4.69) is 9.97 Å². The molecule has 0 amide bonds. The van der Waals surface area contributed by atoms with Crippen LogP contribution in [0, 0.1) is 0 Å². The highest BCUT2D eigenvalue weighted by Crippen LogP contribution is 2.31. The third-order valence-corrected chi connectivity index (χ3v) is 4.98. The predicted octanol–water partition coefficient (Wildman–Crippen LogP) is 6.51. The van der Waals surface area contributed by atoms with Gasteiger partial charge in [0, 0.05) is 6.42 Å². The van der Waals surface area contributed by atoms with Gasteiger partial charge in [-0.3, -0.25) is 4.79 Å². The molecule has 4 rings (SSSR count). The second-order valence-electron chi connectivity index (χ2n) is 7.68. The van der Waals surface area contributed by atoms with Crippen LogP contribution in [-0.2, 0) is 30.0 Å². The fourth-order valence-electron chi connectivity index (χ4n) is 3.39. The number of fused-ring (bicyclic) bond motifs is 1. The number of aromatic amines is 1. The number of benzene rings is 3. The zero-order chi connectivity index (χ0) is 26.5. The molecule has 1 aromatic heterocycles. The summed E-state index contributed by atoms with van der Waals surface area (Å²) in [6, 6.07) is 15.0. The second kappa shape index (κ2) is 10.7. The Labute approximate surface area is 201 Å². The summed E-state index contributed by atoms with van der Waals surface area (Å²) in [5.74, 6) is 0.0761. The number of carbonyl (C=O) groups is 1. The summed E-state index contributed by atoms with van der Waals surface area (Å²) in [5.41, 5.74) is 0.684. The number of hydrogen-bond donors (Lipinski definition) is 2. The van der Waals surface area contributed by atoms with Crippen molar-refractivity contribution >= 4 is 17.0 Å². The number of alkyl halides is 6. The molecular weight excluding hydrogens is 490 g/mol. The van der Waals surface area contributed by atoms with E-state index in [0.29, 0.717) is 29.1 Å². The Bertz CT molecular complexity index is 1350. The number of carboxylic acids is 1. The first-order valence-corrected chi connectivity index (χ1v) is 10.4. The lowest BCUT2D eigenvalue weighted by molar-refractivity contribution is -0.138. The second-order valence-corrected chi connectivity index (χ2v) is 7.68. The van der Waals surface area contributed by atoms with Crippen LogP contribution in [0.2, 0.25) is 0 Å². The number of halogens is 6. The van der Waals surface area contributed by atoms with Gasteiger partial charge in [0.2, 0.25) is 0 Å². The van der Waals surface area contributed by atoms with Crippen LogP contribution in [0.25, 0.3) is 11.0 Å². The van der Waals surface area contributed by atoms with Crippen molar-refractivity contribution in [2.75, 3.05) is 7.11 Å². The zero-order valence-electron chi connectivity index (χ0n) is 18.7. The van der Waals surface area contributed by atoms with Gasteiger partial charge in [-0.05, 0) is 35.4 Å². The third-order valence-electron chi connectivity index (χ3n) is 4.98. The zero-order valence-corrected chi connectivity index (χ0v) is 18.7. The standard InChI is InChI=1S/C16H13F3N2O.C9H7F3O2/c1-22-13-7-3-6-12-15(13)21-14(20-12)9-10-4-2-5-11(8-10)16(17,18)19;10-9(11,12)7-3-1-2-6(4-7)5-8(13)14/h2-8H,9H2,1H3,(H,20,21);1-4H,5H2,(H,13,14). The molecule has 0 aliphatic heterocycles. The summed E-state index contributed by atoms with van der Waals surface area (Å²) < 4.78 is 79.9. The van der Waals surface area contributed by atoms with Gasteiger partial charge in [-0.25, -0.2) is 4.98 Å². The van der Waals surface area contributed by atoms with Gasteiger partial charge in [0.05, 0.1) is 30.2 Å². The van der Waals surface area contributed by atoms with Crippen LogP contribution in [0.5, 0.6) is 5.75 Å². The first kappa shape index (κ1) is 26.6. The molecule has 0 unspecified atom stereocenters. The summed E-state index contributed by atoms with van der Waals surface area (Å²) >= 11 is 0. The van der Waals surface area contributed by atoms with E-state index in [1.54, 1.807) is 19.2 Å². The number of nitrogens with zero attached hydrogens (tertiary/aromatic N) is 1. The maximum atomic E-state index is 12.7. The average molecular weight is 510 g/mol. The number of carboxylic acid groups (broad SMARTS) is 1. The third kappa shape index (κ3) is 7.00. The number of methoxy groups -OCH3 is 1. The quantitative estimate of drug-likeness (QED) is 0.300. The molecule has 0 radical (unpaired) electrons. The van der Waals surface area contributed by atoms with Crippen LogP contribution in [0.4, 0.5) is 26.3 Å². The summed E-state index contributed by atoms with van der Waals surface area (Å²) in [4.78, 5) is 17.8. The molecule has 5 nitrogen and oxygen atoms in total. The molecule has 0 aliphatic carbocycles. The van der Waals surface area contributed by atoms with Crippen LogP contribution in [-0.4, -0.2) is 28.2 Å². The fourth-order valence-corrected chi connectivity index (χ4v) is 3.39. The molecular formula is C25H20F6N2O3. The Morgan fingerprint density at radius 2 is 1.44 bits per heavy atom. The highest BCUT2D eigenvalue weighted by atomic mass is 19.4. The molecule has 4 aromatic rings. The van der Waals surface area contributed by atoms with Crippen LogP contribution in [0.1, 0.15) is 28.1 Å². The van der Waals surface area contributed by atoms with Crippen molar-refractivity contribution < 1.29 is 41.0 Å². The molecule has 0 saturated carbocycles. The number of rotatable bonds is 5. The van der Waals surface area contributed by atoms with Crippen molar-refractivity contribution in [1.82, 2.24) is 9.97 Å². The maximum Gasteiger partial charge on any atom is 0.416 e. The van der Waals surface area contributed by atoms with Crippen molar-refractivity contribution in [1.29, 1.82) is 0 Å². The largest absolute Gasteiger partial charge is 0.494 e. The smallest absolute Gasteiger partial charge is 0.416 e. The molecule has 36 heavy (non-hydrogen) atoms. The SMILES string of the molecule is COc1cccc2[nH]c(Cc3cccc(C(F)(F)F)c3)nc12.O=C(O)Cc1cccc(C(F)(F)F)c1. The van der Waals surface area contributed by atoms with Crippen LogP contribution >= 0.6 is 0 Å². The number of hydrogen-bond acceptors (Lipinski definition) is 3. The van der Waals surface area contributed by atoms with E-state index >= 15 is 0 Å². The van der Waals surface area contributed by atoms with Gasteiger partial charge in [0.15, 0.2) is 0 Å². The molecule has 1 heterocycles. The lowest BCUT2D eigenvalue weighted by Crippen LogP contribution is -2.07. The molecule has 190 valence electrons. The Balaban J connectivity index is 0.000000223. The molecule has 0 aliphatic rings. The van der Waals surface area contributed by atoms with Gasteiger partial charge in [0.25, 0.3) is 0 Å². The molecule has 0 fully saturated rings. The molecule has 2 N–H and O–H groups in total. The first-order chi connectivity index (χ1) is 16.9. The van der Waals surface area contributed by atoms with E-state index in [-0.39, 0.29) is 5.56 Å². The van der Waals surface area contributed by atoms with Gasteiger partial charge in [-0.2, -0.15) is 26.3 Å². The highest BCUT2D eigenvalue weighted by molar-refractivity contribution is 5.81. The Morgan fingerprint density at radius 3 is 2.00 bits per heavy atom. The molecule has 0 spiro atoms. The molecule has 0 saturated heterocycles. The number of nitrogens with one attached hydrogen (secondary N) is 1. The first-order valence-electron chi connectivity index (χ1n) is 10.4. The Morgan fingerprint density at radius 1 is 0.889 bits per heavy atom. The highest BCUT2D eigenvalue weighted by Gasteiger charge is 2.31. The number of aromatic nitrogens is 2. The van der Waals surface area contributed by atoms with Crippen LogP contribution in [0.3, 0.4) is 0 Å². The van der Waals surface area contributed by atoms with E-state index in [0.717, 1.165) is 29.8 Å². The van der Waals surface area contributed by atoms with E-state index < -0.39 is 35.9 Å². The van der Waals surface area contributed by atoms with Crippen LogP contribution in [0.15, 0.2) is 66.7 Å². The Hall–Kier alpha value is -4.02. The predicted molar refractivity (Wildman–Crippen MR) is 120 cm³/mol.